The van der Waals surface area contributed by atoms with Crippen LogP contribution in [0.1, 0.15) is 36.3 Å². The topological polar surface area (TPSA) is 63.2 Å². The maximum atomic E-state index is 12.3. The summed E-state index contributed by atoms with van der Waals surface area (Å²) >= 11 is 0. The van der Waals surface area contributed by atoms with Crippen LogP contribution in [0.5, 0.6) is 0 Å². The molecule has 0 aromatic carbocycles. The standard InChI is InChI=1S/C15H23N3O2/c1-4-16-14-8-13(7-10(2)17-14)15(19)18-11(3)12-5-6-20-9-12/h7-8,11-12H,4-6,9H2,1-3H3,(H,16,17)(H,18,19). The van der Waals surface area contributed by atoms with Crippen molar-refractivity contribution >= 4 is 11.7 Å². The monoisotopic (exact) mass is 277 g/mol. The van der Waals surface area contributed by atoms with E-state index >= 15 is 0 Å². The van der Waals surface area contributed by atoms with Gasteiger partial charge < -0.3 is 15.4 Å². The van der Waals surface area contributed by atoms with Gasteiger partial charge in [-0.05, 0) is 39.3 Å². The Kier molecular flexibility index (Phi) is 4.95. The number of ether oxygens (including phenoxy) is 1. The van der Waals surface area contributed by atoms with Gasteiger partial charge in [-0.25, -0.2) is 4.98 Å². The molecule has 1 amide bonds. The summed E-state index contributed by atoms with van der Waals surface area (Å²) in [6.07, 6.45) is 1.01. The molecule has 2 N–H and O–H groups in total. The second-order valence-electron chi connectivity index (χ2n) is 5.30. The van der Waals surface area contributed by atoms with Crippen molar-refractivity contribution in [2.45, 2.75) is 33.2 Å². The number of hydrogen-bond donors (Lipinski definition) is 2. The van der Waals surface area contributed by atoms with E-state index < -0.39 is 0 Å². The van der Waals surface area contributed by atoms with Crippen LogP contribution in [0.15, 0.2) is 12.1 Å². The molecule has 0 aliphatic carbocycles. The maximum Gasteiger partial charge on any atom is 0.251 e. The summed E-state index contributed by atoms with van der Waals surface area (Å²) in [5.74, 6) is 1.11. The Morgan fingerprint density at radius 3 is 3.00 bits per heavy atom. The Bertz CT molecular complexity index is 470. The Morgan fingerprint density at radius 1 is 1.55 bits per heavy atom. The van der Waals surface area contributed by atoms with E-state index in [4.69, 9.17) is 4.74 Å². The second-order valence-corrected chi connectivity index (χ2v) is 5.30. The summed E-state index contributed by atoms with van der Waals surface area (Å²) in [5.41, 5.74) is 1.49. The van der Waals surface area contributed by atoms with Gasteiger partial charge in [-0.2, -0.15) is 0 Å². The molecule has 1 fully saturated rings. The highest BCUT2D eigenvalue weighted by molar-refractivity contribution is 5.95. The van der Waals surface area contributed by atoms with Crippen LogP contribution in [0.4, 0.5) is 5.82 Å². The minimum absolute atomic E-state index is 0.0472. The highest BCUT2D eigenvalue weighted by atomic mass is 16.5. The van der Waals surface area contributed by atoms with Gasteiger partial charge in [0.05, 0.1) is 6.61 Å². The van der Waals surface area contributed by atoms with E-state index in [1.165, 1.54) is 0 Å². The lowest BCUT2D eigenvalue weighted by atomic mass is 10.0. The first kappa shape index (κ1) is 14.8. The number of aromatic nitrogens is 1. The number of aryl methyl sites for hydroxylation is 1. The Hall–Kier alpha value is -1.62. The number of nitrogens with one attached hydrogen (secondary N) is 2. The third-order valence-electron chi connectivity index (χ3n) is 3.60. The van der Waals surface area contributed by atoms with E-state index in [1.54, 1.807) is 6.07 Å². The van der Waals surface area contributed by atoms with Gasteiger partial charge in [0.1, 0.15) is 5.82 Å². The van der Waals surface area contributed by atoms with E-state index in [-0.39, 0.29) is 11.9 Å². The highest BCUT2D eigenvalue weighted by Crippen LogP contribution is 2.17. The highest BCUT2D eigenvalue weighted by Gasteiger charge is 2.24. The molecule has 0 radical (unpaired) electrons. The van der Waals surface area contributed by atoms with Gasteiger partial charge in [0.2, 0.25) is 0 Å². The van der Waals surface area contributed by atoms with Crippen LogP contribution in [0.2, 0.25) is 0 Å². The molecule has 1 aromatic rings. The van der Waals surface area contributed by atoms with E-state index in [9.17, 15) is 4.79 Å². The molecule has 2 heterocycles. The third-order valence-corrected chi connectivity index (χ3v) is 3.60. The number of carbonyl (C=O) groups excluding carboxylic acids is 1. The number of amides is 1. The lowest BCUT2D eigenvalue weighted by molar-refractivity contribution is 0.0922. The van der Waals surface area contributed by atoms with Crippen LogP contribution in [0, 0.1) is 12.8 Å². The average molecular weight is 277 g/mol. The first-order chi connectivity index (χ1) is 9.60. The van der Waals surface area contributed by atoms with Gasteiger partial charge in [0, 0.05) is 36.4 Å². The first-order valence-corrected chi connectivity index (χ1v) is 7.21. The molecule has 2 unspecified atom stereocenters. The van der Waals surface area contributed by atoms with Crippen LogP contribution in [-0.4, -0.2) is 36.7 Å². The molecule has 1 aromatic heterocycles. The van der Waals surface area contributed by atoms with Crippen molar-refractivity contribution in [3.8, 4) is 0 Å². The molecule has 2 rings (SSSR count). The Morgan fingerprint density at radius 2 is 2.35 bits per heavy atom. The minimum atomic E-state index is -0.0472. The first-order valence-electron chi connectivity index (χ1n) is 7.21. The molecular formula is C15H23N3O2. The molecule has 20 heavy (non-hydrogen) atoms. The van der Waals surface area contributed by atoms with Crippen molar-refractivity contribution in [1.29, 1.82) is 0 Å². The van der Waals surface area contributed by atoms with Gasteiger partial charge in [-0.15, -0.1) is 0 Å². The van der Waals surface area contributed by atoms with Crippen LogP contribution >= 0.6 is 0 Å². The van der Waals surface area contributed by atoms with Crippen LogP contribution in [0.25, 0.3) is 0 Å². The molecular weight excluding hydrogens is 254 g/mol. The lowest BCUT2D eigenvalue weighted by Crippen LogP contribution is -2.38. The molecule has 0 bridgehead atoms. The zero-order valence-electron chi connectivity index (χ0n) is 12.4. The Balaban J connectivity index is 2.04. The number of carbonyl (C=O) groups is 1. The average Bonchev–Trinajstić information content (AvgIpc) is 2.92. The zero-order valence-corrected chi connectivity index (χ0v) is 12.4. The molecule has 110 valence electrons. The molecule has 2 atom stereocenters. The van der Waals surface area contributed by atoms with Crippen molar-refractivity contribution in [2.24, 2.45) is 5.92 Å². The Labute approximate surface area is 120 Å². The molecule has 1 saturated heterocycles. The third kappa shape index (κ3) is 3.70. The van der Waals surface area contributed by atoms with E-state index in [0.717, 1.165) is 37.7 Å². The van der Waals surface area contributed by atoms with E-state index in [1.807, 2.05) is 26.8 Å². The fourth-order valence-corrected chi connectivity index (χ4v) is 2.43. The van der Waals surface area contributed by atoms with Crippen molar-refractivity contribution < 1.29 is 9.53 Å². The zero-order chi connectivity index (χ0) is 14.5. The van der Waals surface area contributed by atoms with Gasteiger partial charge >= 0.3 is 0 Å². The van der Waals surface area contributed by atoms with Crippen molar-refractivity contribution in [3.63, 3.8) is 0 Å². The van der Waals surface area contributed by atoms with Gasteiger partial charge in [-0.3, -0.25) is 4.79 Å². The SMILES string of the molecule is CCNc1cc(C(=O)NC(C)C2CCOC2)cc(C)n1. The molecule has 0 saturated carbocycles. The van der Waals surface area contributed by atoms with Gasteiger partial charge in [0.15, 0.2) is 0 Å². The predicted octanol–water partition coefficient (Wildman–Crippen LogP) is 1.98. The molecule has 1 aliphatic heterocycles. The smallest absolute Gasteiger partial charge is 0.251 e. The summed E-state index contributed by atoms with van der Waals surface area (Å²) in [7, 11) is 0. The largest absolute Gasteiger partial charge is 0.381 e. The van der Waals surface area contributed by atoms with E-state index in [0.29, 0.717) is 11.5 Å². The van der Waals surface area contributed by atoms with Crippen molar-refractivity contribution in [3.05, 3.63) is 23.4 Å². The fraction of sp³-hybridized carbons (Fsp3) is 0.600. The van der Waals surface area contributed by atoms with E-state index in [2.05, 4.69) is 15.6 Å². The summed E-state index contributed by atoms with van der Waals surface area (Å²) in [5, 5.41) is 6.20. The number of nitrogens with zero attached hydrogens (tertiary/aromatic N) is 1. The number of hydrogen-bond acceptors (Lipinski definition) is 4. The van der Waals surface area contributed by atoms with Gasteiger partial charge in [-0.1, -0.05) is 0 Å². The van der Waals surface area contributed by atoms with Crippen LogP contribution < -0.4 is 10.6 Å². The van der Waals surface area contributed by atoms with Crippen molar-refractivity contribution in [1.82, 2.24) is 10.3 Å². The predicted molar refractivity (Wildman–Crippen MR) is 79.0 cm³/mol. The normalized spacial score (nSPS) is 19.6. The number of anilines is 1. The van der Waals surface area contributed by atoms with Crippen molar-refractivity contribution in [2.75, 3.05) is 25.1 Å². The summed E-state index contributed by atoms with van der Waals surface area (Å²) in [6.45, 7) is 8.25. The summed E-state index contributed by atoms with van der Waals surface area (Å²) < 4.78 is 5.36. The minimum Gasteiger partial charge on any atom is -0.381 e. The van der Waals surface area contributed by atoms with Gasteiger partial charge in [0.25, 0.3) is 5.91 Å². The lowest BCUT2D eigenvalue weighted by Gasteiger charge is -2.19. The second kappa shape index (κ2) is 6.70. The summed E-state index contributed by atoms with van der Waals surface area (Å²) in [4.78, 5) is 16.7. The molecule has 5 nitrogen and oxygen atoms in total. The quantitative estimate of drug-likeness (QED) is 0.864. The summed E-state index contributed by atoms with van der Waals surface area (Å²) in [6, 6.07) is 3.73. The maximum absolute atomic E-state index is 12.3. The molecule has 0 spiro atoms. The number of rotatable bonds is 5. The van der Waals surface area contributed by atoms with Crippen LogP contribution in [0.3, 0.4) is 0 Å². The van der Waals surface area contributed by atoms with Crippen LogP contribution in [-0.2, 0) is 4.74 Å². The fourth-order valence-electron chi connectivity index (χ4n) is 2.43. The number of pyridine rings is 1. The molecule has 1 aliphatic rings. The molecule has 5 heteroatoms.